The molecule has 2 atom stereocenters. The molecule has 1 saturated heterocycles. The van der Waals surface area contributed by atoms with E-state index in [0.717, 1.165) is 62.1 Å². The highest BCUT2D eigenvalue weighted by atomic mass is 35.5. The van der Waals surface area contributed by atoms with Gasteiger partial charge in [0.2, 0.25) is 0 Å². The van der Waals surface area contributed by atoms with E-state index in [1.165, 1.54) is 5.56 Å². The molecule has 0 aromatic heterocycles. The molecule has 0 bridgehead atoms. The van der Waals surface area contributed by atoms with Crippen LogP contribution < -0.4 is 10.6 Å². The average molecular weight is 451 g/mol. The third-order valence-electron chi connectivity index (χ3n) is 5.84. The second kappa shape index (κ2) is 13.0. The predicted molar refractivity (Wildman–Crippen MR) is 128 cm³/mol. The van der Waals surface area contributed by atoms with Crippen molar-refractivity contribution in [3.8, 4) is 0 Å². The number of hydrogen-bond donors (Lipinski definition) is 3. The summed E-state index contributed by atoms with van der Waals surface area (Å²) in [4.78, 5) is 15.6. The monoisotopic (exact) mass is 449 g/mol. The van der Waals surface area contributed by atoms with Crippen LogP contribution in [0.2, 0.25) is 0 Å². The summed E-state index contributed by atoms with van der Waals surface area (Å²) in [5.74, 6) is 1.00. The van der Waals surface area contributed by atoms with Crippen molar-refractivity contribution in [3.05, 3.63) is 34.9 Å². The Kier molecular flexibility index (Phi) is 12.8. The Morgan fingerprint density at radius 2 is 2.04 bits per heavy atom. The molecule has 0 saturated carbocycles. The van der Waals surface area contributed by atoms with Crippen LogP contribution in [0.4, 0.5) is 0 Å². The summed E-state index contributed by atoms with van der Waals surface area (Å²) in [5, 5.41) is 7.25. The van der Waals surface area contributed by atoms with Crippen LogP contribution in [-0.2, 0) is 0 Å². The average Bonchev–Trinajstić information content (AvgIpc) is 2.66. The van der Waals surface area contributed by atoms with Gasteiger partial charge in [-0.2, -0.15) is 12.6 Å². The van der Waals surface area contributed by atoms with Gasteiger partial charge in [-0.25, -0.2) is 0 Å². The molecule has 1 aromatic rings. The molecule has 2 rings (SSSR count). The van der Waals surface area contributed by atoms with Gasteiger partial charge in [0.15, 0.2) is 0 Å². The van der Waals surface area contributed by atoms with Crippen molar-refractivity contribution in [2.75, 3.05) is 25.9 Å². The zero-order chi connectivity index (χ0) is 19.2. The lowest BCUT2D eigenvalue weighted by Crippen LogP contribution is -2.73. The number of thiol groups is 1. The number of likely N-dealkylation sites (N-methyl/N-ethyl adjacent to an activating group) is 1. The van der Waals surface area contributed by atoms with Crippen LogP contribution in [0.1, 0.15) is 60.5 Å². The number of nitrogens with zero attached hydrogens (tertiary/aromatic N) is 1. The molecule has 0 aliphatic carbocycles. The zero-order valence-corrected chi connectivity index (χ0v) is 20.1. The summed E-state index contributed by atoms with van der Waals surface area (Å²) < 4.78 is 0. The number of aryl methyl sites for hydroxylation is 1. The van der Waals surface area contributed by atoms with Gasteiger partial charge < -0.3 is 10.2 Å². The van der Waals surface area contributed by atoms with Gasteiger partial charge in [-0.3, -0.25) is 10.1 Å². The van der Waals surface area contributed by atoms with Crippen LogP contribution in [0.5, 0.6) is 0 Å². The number of piperazine rings is 1. The molecule has 0 spiro atoms. The third-order valence-corrected chi connectivity index (χ3v) is 6.16. The molecular formula is C21H37Cl2N3OS. The fourth-order valence-corrected chi connectivity index (χ4v) is 4.28. The van der Waals surface area contributed by atoms with E-state index in [1.54, 1.807) is 0 Å². The molecule has 2 N–H and O–H groups in total. The SMILES string of the molecule is CCCC[C@]1(NC)NCCN(C(=O)c2cccc(C)c2C)C1CCCS.Cl.Cl. The molecule has 28 heavy (non-hydrogen) atoms. The second-order valence-corrected chi connectivity index (χ2v) is 7.83. The van der Waals surface area contributed by atoms with E-state index in [1.807, 2.05) is 19.2 Å². The second-order valence-electron chi connectivity index (χ2n) is 7.38. The summed E-state index contributed by atoms with van der Waals surface area (Å²) in [6.07, 6.45) is 5.26. The van der Waals surface area contributed by atoms with Crippen molar-refractivity contribution < 1.29 is 4.79 Å². The first-order valence-electron chi connectivity index (χ1n) is 9.92. The van der Waals surface area contributed by atoms with Crippen molar-refractivity contribution in [2.45, 2.75) is 64.6 Å². The molecule has 1 fully saturated rings. The Bertz CT molecular complexity index is 617. The molecule has 1 aliphatic rings. The first-order chi connectivity index (χ1) is 12.5. The Morgan fingerprint density at radius 1 is 1.32 bits per heavy atom. The van der Waals surface area contributed by atoms with Crippen LogP contribution in [0.15, 0.2) is 18.2 Å². The molecule has 1 unspecified atom stereocenters. The fourth-order valence-electron chi connectivity index (χ4n) is 4.10. The van der Waals surface area contributed by atoms with E-state index in [-0.39, 0.29) is 42.4 Å². The van der Waals surface area contributed by atoms with Gasteiger partial charge in [-0.05, 0) is 63.1 Å². The first kappa shape index (κ1) is 27.5. The van der Waals surface area contributed by atoms with Crippen LogP contribution in [0.25, 0.3) is 0 Å². The van der Waals surface area contributed by atoms with Crippen LogP contribution >= 0.6 is 37.4 Å². The summed E-state index contributed by atoms with van der Waals surface area (Å²) >= 11 is 4.41. The normalized spacial score (nSPS) is 21.6. The lowest BCUT2D eigenvalue weighted by molar-refractivity contribution is 0.0205. The largest absolute Gasteiger partial charge is 0.331 e. The van der Waals surface area contributed by atoms with Crippen LogP contribution in [-0.4, -0.2) is 48.4 Å². The van der Waals surface area contributed by atoms with Gasteiger partial charge in [-0.1, -0.05) is 31.9 Å². The summed E-state index contributed by atoms with van der Waals surface area (Å²) in [7, 11) is 2.02. The van der Waals surface area contributed by atoms with Gasteiger partial charge in [0, 0.05) is 18.7 Å². The van der Waals surface area contributed by atoms with E-state index < -0.39 is 0 Å². The molecule has 4 nitrogen and oxygen atoms in total. The van der Waals surface area contributed by atoms with E-state index in [9.17, 15) is 4.79 Å². The summed E-state index contributed by atoms with van der Waals surface area (Å²) in [6.45, 7) is 7.91. The van der Waals surface area contributed by atoms with Crippen molar-refractivity contribution >= 4 is 43.4 Å². The number of benzene rings is 1. The minimum atomic E-state index is -0.218. The maximum absolute atomic E-state index is 13.5. The predicted octanol–water partition coefficient (Wildman–Crippen LogP) is 4.38. The number of unbranched alkanes of at least 4 members (excludes halogenated alkanes) is 1. The third kappa shape index (κ3) is 6.02. The number of halogens is 2. The Balaban J connectivity index is 0.00000364. The standard InChI is InChI=1S/C21H35N3OS.2ClH/c1-5-6-12-21(22-4)19(11-8-15-26)24(14-13-23-21)20(25)18-10-7-9-16(2)17(18)3;;/h7,9-10,19,22-23,26H,5-6,8,11-15H2,1-4H3;2*1H/t19?,21-;;/m0../s1. The van der Waals surface area contributed by atoms with E-state index in [0.29, 0.717) is 0 Å². The molecule has 1 heterocycles. The van der Waals surface area contributed by atoms with E-state index in [2.05, 4.69) is 55.0 Å². The minimum absolute atomic E-state index is 0. The fraction of sp³-hybridized carbons (Fsp3) is 0.667. The first-order valence-corrected chi connectivity index (χ1v) is 10.6. The van der Waals surface area contributed by atoms with Gasteiger partial charge in [0.1, 0.15) is 0 Å². The summed E-state index contributed by atoms with van der Waals surface area (Å²) in [5.41, 5.74) is 2.88. The molecule has 162 valence electrons. The topological polar surface area (TPSA) is 44.4 Å². The van der Waals surface area contributed by atoms with Crippen LogP contribution in [0.3, 0.4) is 0 Å². The van der Waals surface area contributed by atoms with Gasteiger partial charge in [0.05, 0.1) is 11.7 Å². The van der Waals surface area contributed by atoms with Gasteiger partial charge >= 0.3 is 0 Å². The van der Waals surface area contributed by atoms with Gasteiger partial charge in [0.25, 0.3) is 5.91 Å². The number of carbonyl (C=O) groups excluding carboxylic acids is 1. The molecule has 7 heteroatoms. The number of rotatable bonds is 8. The zero-order valence-electron chi connectivity index (χ0n) is 17.6. The van der Waals surface area contributed by atoms with Crippen molar-refractivity contribution in [1.82, 2.24) is 15.5 Å². The smallest absolute Gasteiger partial charge is 0.254 e. The Morgan fingerprint density at radius 3 is 2.64 bits per heavy atom. The molecular weight excluding hydrogens is 413 g/mol. The van der Waals surface area contributed by atoms with Gasteiger partial charge in [-0.15, -0.1) is 24.8 Å². The highest BCUT2D eigenvalue weighted by Crippen LogP contribution is 2.29. The Hall–Kier alpha value is -0.460. The highest BCUT2D eigenvalue weighted by molar-refractivity contribution is 7.80. The molecule has 1 aromatic carbocycles. The minimum Gasteiger partial charge on any atom is -0.331 e. The number of carbonyl (C=O) groups is 1. The number of nitrogens with one attached hydrogen (secondary N) is 2. The molecule has 0 radical (unpaired) electrons. The quantitative estimate of drug-likeness (QED) is 0.515. The lowest BCUT2D eigenvalue weighted by Gasteiger charge is -2.51. The summed E-state index contributed by atoms with van der Waals surface area (Å²) in [6, 6.07) is 6.16. The van der Waals surface area contributed by atoms with Crippen LogP contribution in [0, 0.1) is 13.8 Å². The van der Waals surface area contributed by atoms with E-state index >= 15 is 0 Å². The highest BCUT2D eigenvalue weighted by Gasteiger charge is 2.44. The molecule has 1 amide bonds. The maximum Gasteiger partial charge on any atom is 0.254 e. The van der Waals surface area contributed by atoms with Crippen molar-refractivity contribution in [3.63, 3.8) is 0 Å². The van der Waals surface area contributed by atoms with Crippen molar-refractivity contribution in [1.29, 1.82) is 0 Å². The molecule has 1 aliphatic heterocycles. The van der Waals surface area contributed by atoms with Crippen molar-refractivity contribution in [2.24, 2.45) is 0 Å². The number of amides is 1. The number of hydrogen-bond acceptors (Lipinski definition) is 4. The Labute approximate surface area is 188 Å². The lowest BCUT2D eigenvalue weighted by atomic mass is 9.86. The maximum atomic E-state index is 13.5. The van der Waals surface area contributed by atoms with E-state index in [4.69, 9.17) is 0 Å².